The zero-order valence-electron chi connectivity index (χ0n) is 11.0. The summed E-state index contributed by atoms with van der Waals surface area (Å²) in [6, 6.07) is 13.0. The second-order valence-corrected chi connectivity index (χ2v) is 5.18. The number of pyridine rings is 1. The van der Waals surface area contributed by atoms with E-state index in [0.717, 1.165) is 11.1 Å². The number of amides is 1. The number of nitrogens with zero attached hydrogens (tertiary/aromatic N) is 2. The van der Waals surface area contributed by atoms with Gasteiger partial charge >= 0.3 is 0 Å². The molecule has 0 spiro atoms. The molecule has 0 bridgehead atoms. The van der Waals surface area contributed by atoms with Crippen molar-refractivity contribution in [3.8, 4) is 0 Å². The van der Waals surface area contributed by atoms with Gasteiger partial charge in [0.05, 0.1) is 6.04 Å². The molecule has 20 heavy (non-hydrogen) atoms. The van der Waals surface area contributed by atoms with Gasteiger partial charge in [-0.05, 0) is 42.3 Å². The van der Waals surface area contributed by atoms with Crippen LogP contribution in [0.4, 0.5) is 5.82 Å². The van der Waals surface area contributed by atoms with E-state index in [1.54, 1.807) is 17.2 Å². The molecule has 1 amide bonds. The lowest BCUT2D eigenvalue weighted by Gasteiger charge is -2.26. The molecule has 0 unspecified atom stereocenters. The van der Waals surface area contributed by atoms with Crippen molar-refractivity contribution in [3.05, 3.63) is 70.9 Å². The van der Waals surface area contributed by atoms with Crippen LogP contribution in [0.15, 0.2) is 60.3 Å². The first-order chi connectivity index (χ1) is 9.66. The van der Waals surface area contributed by atoms with E-state index in [1.807, 2.05) is 49.4 Å². The van der Waals surface area contributed by atoms with Crippen LogP contribution >= 0.6 is 11.6 Å². The fourth-order valence-corrected chi connectivity index (χ4v) is 2.60. The molecule has 1 aromatic carbocycles. The predicted octanol–water partition coefficient (Wildman–Crippen LogP) is 3.77. The molecule has 0 fully saturated rings. The van der Waals surface area contributed by atoms with Gasteiger partial charge in [-0.1, -0.05) is 29.8 Å². The van der Waals surface area contributed by atoms with Crippen LogP contribution in [0.25, 0.3) is 0 Å². The molecule has 4 heteroatoms. The van der Waals surface area contributed by atoms with Crippen molar-refractivity contribution < 1.29 is 4.79 Å². The van der Waals surface area contributed by atoms with E-state index in [0.29, 0.717) is 10.8 Å². The normalized spacial score (nSPS) is 18.3. The number of benzene rings is 1. The molecule has 1 aliphatic heterocycles. The third-order valence-electron chi connectivity index (χ3n) is 3.36. The van der Waals surface area contributed by atoms with E-state index >= 15 is 0 Å². The summed E-state index contributed by atoms with van der Waals surface area (Å²) in [4.78, 5) is 18.2. The van der Waals surface area contributed by atoms with Gasteiger partial charge in [0.1, 0.15) is 5.82 Å². The summed E-state index contributed by atoms with van der Waals surface area (Å²) in [7, 11) is 0. The van der Waals surface area contributed by atoms with Crippen LogP contribution in [0, 0.1) is 0 Å². The van der Waals surface area contributed by atoms with Gasteiger partial charge in [-0.2, -0.15) is 0 Å². The maximum absolute atomic E-state index is 12.2. The number of carbonyl (C=O) groups is 1. The molecule has 0 aliphatic carbocycles. The molecule has 3 rings (SSSR count). The zero-order valence-corrected chi connectivity index (χ0v) is 11.7. The summed E-state index contributed by atoms with van der Waals surface area (Å²) < 4.78 is 0. The van der Waals surface area contributed by atoms with E-state index in [4.69, 9.17) is 11.6 Å². The van der Waals surface area contributed by atoms with Crippen molar-refractivity contribution in [1.82, 2.24) is 4.98 Å². The Labute approximate surface area is 122 Å². The second kappa shape index (κ2) is 5.10. The van der Waals surface area contributed by atoms with Gasteiger partial charge < -0.3 is 0 Å². The Balaban J connectivity index is 2.04. The average Bonchev–Trinajstić information content (AvgIpc) is 2.75. The van der Waals surface area contributed by atoms with Gasteiger partial charge in [-0.15, -0.1) is 0 Å². The Morgan fingerprint density at radius 2 is 1.90 bits per heavy atom. The van der Waals surface area contributed by atoms with Gasteiger partial charge in [-0.25, -0.2) is 4.98 Å². The molecule has 1 atom stereocenters. The lowest BCUT2D eigenvalue weighted by molar-refractivity contribution is -0.114. The molecule has 2 heterocycles. The van der Waals surface area contributed by atoms with Crippen molar-refractivity contribution in [3.63, 3.8) is 0 Å². The average molecular weight is 285 g/mol. The molecule has 100 valence electrons. The second-order valence-electron chi connectivity index (χ2n) is 4.74. The van der Waals surface area contributed by atoms with Crippen LogP contribution in [-0.4, -0.2) is 10.9 Å². The van der Waals surface area contributed by atoms with E-state index in [1.165, 1.54) is 0 Å². The van der Waals surface area contributed by atoms with Crippen LogP contribution < -0.4 is 4.90 Å². The minimum atomic E-state index is -0.116. The number of carbonyl (C=O) groups excluding carboxylic acids is 1. The molecule has 3 nitrogen and oxygen atoms in total. The molecule has 1 aliphatic rings. The Bertz CT molecular complexity index is 665. The van der Waals surface area contributed by atoms with Crippen LogP contribution in [-0.2, 0) is 4.79 Å². The van der Waals surface area contributed by atoms with E-state index in [-0.39, 0.29) is 11.9 Å². The minimum Gasteiger partial charge on any atom is -0.282 e. The Hall–Kier alpha value is -2.13. The maximum Gasteiger partial charge on any atom is 0.253 e. The molecule has 0 N–H and O–H groups in total. The van der Waals surface area contributed by atoms with Crippen molar-refractivity contribution in [2.24, 2.45) is 0 Å². The van der Waals surface area contributed by atoms with Gasteiger partial charge in [0.25, 0.3) is 5.91 Å². The molecular weight excluding hydrogens is 272 g/mol. The largest absolute Gasteiger partial charge is 0.282 e. The predicted molar refractivity (Wildman–Crippen MR) is 79.7 cm³/mol. The van der Waals surface area contributed by atoms with Gasteiger partial charge in [-0.3, -0.25) is 9.69 Å². The standard InChI is InChI=1S/C16H13ClN2O/c1-11-10-15(20)19(14-4-2-3-9-18-14)16(11)12-5-7-13(17)8-6-12/h2-10,16H,1H3/t16-/m1/s1. The first kappa shape index (κ1) is 12.9. The van der Waals surface area contributed by atoms with Gasteiger partial charge in [0.2, 0.25) is 0 Å². The van der Waals surface area contributed by atoms with Crippen molar-refractivity contribution in [2.45, 2.75) is 13.0 Å². The zero-order chi connectivity index (χ0) is 14.1. The van der Waals surface area contributed by atoms with Crippen LogP contribution in [0.3, 0.4) is 0 Å². The third kappa shape index (κ3) is 2.21. The third-order valence-corrected chi connectivity index (χ3v) is 3.61. The summed E-state index contributed by atoms with van der Waals surface area (Å²) in [6.07, 6.45) is 3.35. The Morgan fingerprint density at radius 3 is 2.55 bits per heavy atom. The smallest absolute Gasteiger partial charge is 0.253 e. The first-order valence-corrected chi connectivity index (χ1v) is 6.72. The number of halogens is 1. The quantitative estimate of drug-likeness (QED) is 0.841. The van der Waals surface area contributed by atoms with E-state index < -0.39 is 0 Å². The van der Waals surface area contributed by atoms with E-state index in [9.17, 15) is 4.79 Å². The monoisotopic (exact) mass is 284 g/mol. The lowest BCUT2D eigenvalue weighted by Crippen LogP contribution is -2.29. The fourth-order valence-electron chi connectivity index (χ4n) is 2.47. The molecule has 0 radical (unpaired) electrons. The highest BCUT2D eigenvalue weighted by Crippen LogP contribution is 2.36. The van der Waals surface area contributed by atoms with Crippen LogP contribution in [0.2, 0.25) is 5.02 Å². The minimum absolute atomic E-state index is 0.0406. The van der Waals surface area contributed by atoms with Crippen molar-refractivity contribution in [1.29, 1.82) is 0 Å². The maximum atomic E-state index is 12.2. The van der Waals surface area contributed by atoms with Crippen LogP contribution in [0.5, 0.6) is 0 Å². The fraction of sp³-hybridized carbons (Fsp3) is 0.125. The Kier molecular flexibility index (Phi) is 3.28. The number of hydrogen-bond acceptors (Lipinski definition) is 2. The number of hydrogen-bond donors (Lipinski definition) is 0. The van der Waals surface area contributed by atoms with Crippen LogP contribution in [0.1, 0.15) is 18.5 Å². The number of aromatic nitrogens is 1. The molecule has 1 aromatic heterocycles. The highest BCUT2D eigenvalue weighted by atomic mass is 35.5. The number of rotatable bonds is 2. The summed E-state index contributed by atoms with van der Waals surface area (Å²) in [5.74, 6) is 0.617. The Morgan fingerprint density at radius 1 is 1.15 bits per heavy atom. The SMILES string of the molecule is CC1=CC(=O)N(c2ccccn2)[C@H]1c1ccc(Cl)cc1. The summed E-state index contributed by atoms with van der Waals surface area (Å²) in [5, 5.41) is 0.684. The summed E-state index contributed by atoms with van der Waals surface area (Å²) in [5.41, 5.74) is 2.03. The highest BCUT2D eigenvalue weighted by molar-refractivity contribution is 6.30. The molecule has 0 saturated heterocycles. The number of anilines is 1. The van der Waals surface area contributed by atoms with Gasteiger partial charge in [0.15, 0.2) is 0 Å². The summed E-state index contributed by atoms with van der Waals surface area (Å²) in [6.45, 7) is 1.96. The van der Waals surface area contributed by atoms with E-state index in [2.05, 4.69) is 4.98 Å². The topological polar surface area (TPSA) is 33.2 Å². The highest BCUT2D eigenvalue weighted by Gasteiger charge is 2.33. The molecule has 0 saturated carbocycles. The lowest BCUT2D eigenvalue weighted by atomic mass is 10.0. The first-order valence-electron chi connectivity index (χ1n) is 6.35. The molecular formula is C16H13ClN2O. The van der Waals surface area contributed by atoms with Crippen molar-refractivity contribution in [2.75, 3.05) is 4.90 Å². The van der Waals surface area contributed by atoms with Crippen molar-refractivity contribution >= 4 is 23.3 Å². The van der Waals surface area contributed by atoms with Gasteiger partial charge in [0, 0.05) is 17.3 Å². The molecule has 2 aromatic rings. The summed E-state index contributed by atoms with van der Waals surface area (Å²) >= 11 is 5.93.